The molecule has 2 heterocycles. The molecule has 0 fully saturated rings. The number of hydrogen-bond acceptors (Lipinski definition) is 2. The molecule has 4 aromatic rings. The summed E-state index contributed by atoms with van der Waals surface area (Å²) in [7, 11) is 0. The van der Waals surface area contributed by atoms with Crippen LogP contribution in [-0.2, 0) is 0 Å². The zero-order valence-corrected chi connectivity index (χ0v) is 16.0. The van der Waals surface area contributed by atoms with Crippen LogP contribution in [-0.4, -0.2) is 17.4 Å². The number of benzene rings is 3. The number of Topliss-reactive ketones (excluding diaryl/α,β-unsaturated/α-hetero) is 1. The van der Waals surface area contributed by atoms with Crippen LogP contribution in [0, 0.1) is 0 Å². The van der Waals surface area contributed by atoms with Gasteiger partial charge in [0.25, 0.3) is 0 Å². The van der Waals surface area contributed by atoms with Crippen molar-refractivity contribution >= 4 is 16.7 Å². The fraction of sp³-hybridized carbons (Fsp3) is 0.160. The van der Waals surface area contributed by atoms with Crippen molar-refractivity contribution < 1.29 is 14.8 Å². The molecule has 4 nitrogen and oxygen atoms in total. The van der Waals surface area contributed by atoms with Crippen LogP contribution >= 0.6 is 0 Å². The van der Waals surface area contributed by atoms with Gasteiger partial charge in [0.05, 0.1) is 12.2 Å². The molecule has 2 atom stereocenters. The topological polar surface area (TPSA) is 58.7 Å². The van der Waals surface area contributed by atoms with Gasteiger partial charge in [0.15, 0.2) is 6.04 Å². The summed E-state index contributed by atoms with van der Waals surface area (Å²) in [5.41, 5.74) is 3.91. The molecular formula is C25H23N2O2+. The van der Waals surface area contributed by atoms with Gasteiger partial charge in [-0.2, -0.15) is 0 Å². The molecule has 3 N–H and O–H groups in total. The van der Waals surface area contributed by atoms with Crippen LogP contribution in [0.2, 0.25) is 0 Å². The zero-order valence-electron chi connectivity index (χ0n) is 16.0. The highest BCUT2D eigenvalue weighted by Crippen LogP contribution is 2.31. The number of H-pyrrole nitrogens is 1. The second kappa shape index (κ2) is 7.57. The Balaban J connectivity index is 1.54. The summed E-state index contributed by atoms with van der Waals surface area (Å²) in [6, 6.07) is 26.0. The Morgan fingerprint density at radius 3 is 2.62 bits per heavy atom. The van der Waals surface area contributed by atoms with Crippen LogP contribution in [0.3, 0.4) is 0 Å². The number of rotatable bonds is 5. The molecule has 0 bridgehead atoms. The number of aromatic nitrogens is 1. The molecule has 0 radical (unpaired) electrons. The molecule has 1 aliphatic heterocycles. The summed E-state index contributed by atoms with van der Waals surface area (Å²) in [6.07, 6.45) is 2.72. The van der Waals surface area contributed by atoms with E-state index in [-0.39, 0.29) is 17.9 Å². The third-order valence-electron chi connectivity index (χ3n) is 5.73. The molecule has 1 aliphatic rings. The molecule has 3 aromatic carbocycles. The lowest BCUT2D eigenvalue weighted by Crippen LogP contribution is -2.88. The van der Waals surface area contributed by atoms with Gasteiger partial charge >= 0.3 is 0 Å². The van der Waals surface area contributed by atoms with Gasteiger partial charge in [-0.3, -0.25) is 4.79 Å². The van der Waals surface area contributed by atoms with Crippen LogP contribution in [0.15, 0.2) is 85.1 Å². The number of carbonyl (C=O) groups is 1. The van der Waals surface area contributed by atoms with Crippen LogP contribution in [0.1, 0.15) is 40.0 Å². The molecule has 0 spiro atoms. The van der Waals surface area contributed by atoms with Crippen molar-refractivity contribution in [3.8, 4) is 5.75 Å². The highest BCUT2D eigenvalue weighted by Gasteiger charge is 2.33. The van der Waals surface area contributed by atoms with E-state index in [1.54, 1.807) is 0 Å². The number of nitrogens with one attached hydrogen (secondary N) is 1. The lowest BCUT2D eigenvalue weighted by Gasteiger charge is -2.27. The zero-order chi connectivity index (χ0) is 19.6. The minimum Gasteiger partial charge on any atom is -0.493 e. The van der Waals surface area contributed by atoms with Gasteiger partial charge in [-0.25, -0.2) is 0 Å². The molecule has 4 heteroatoms. The smallest absolute Gasteiger partial charge is 0.226 e. The van der Waals surface area contributed by atoms with Crippen molar-refractivity contribution in [2.75, 3.05) is 6.61 Å². The lowest BCUT2D eigenvalue weighted by atomic mass is 9.93. The maximum atomic E-state index is 13.7. The first kappa shape index (κ1) is 17.7. The van der Waals surface area contributed by atoms with Crippen molar-refractivity contribution in [3.05, 3.63) is 102 Å². The average molecular weight is 383 g/mol. The molecule has 1 aromatic heterocycles. The molecular weight excluding hydrogens is 360 g/mol. The maximum absolute atomic E-state index is 13.7. The average Bonchev–Trinajstić information content (AvgIpc) is 3.22. The van der Waals surface area contributed by atoms with Crippen molar-refractivity contribution in [3.63, 3.8) is 0 Å². The number of quaternary nitrogens is 1. The first-order valence-corrected chi connectivity index (χ1v) is 10.0. The molecule has 0 amide bonds. The Morgan fingerprint density at radius 2 is 1.72 bits per heavy atom. The van der Waals surface area contributed by atoms with Gasteiger partial charge in [-0.15, -0.1) is 0 Å². The summed E-state index contributed by atoms with van der Waals surface area (Å²) >= 11 is 0. The van der Waals surface area contributed by atoms with E-state index in [9.17, 15) is 4.79 Å². The van der Waals surface area contributed by atoms with E-state index in [1.807, 2.05) is 79.0 Å². The standard InChI is InChI=1S/C25H22N2O2/c28-25(20-16-26-21-12-6-4-10-18(20)21)24(17-8-2-1-3-9-17)27-22-14-15-29-23-13-7-5-11-19(22)23/h1-13,16,22,24,26-27H,14-15H2/p+1/t22-,24+/m1/s1. The number of ether oxygens (including phenoxy) is 1. The maximum Gasteiger partial charge on any atom is 0.226 e. The SMILES string of the molecule is O=C(c1c[nH]c2ccccc12)[C@@H]([NH2+][C@@H]1CCOc2ccccc21)c1ccccc1. The van der Waals surface area contributed by atoms with Crippen LogP contribution in [0.5, 0.6) is 5.75 Å². The molecule has 0 saturated heterocycles. The summed E-state index contributed by atoms with van der Waals surface area (Å²) in [5.74, 6) is 1.05. The number of para-hydroxylation sites is 2. The van der Waals surface area contributed by atoms with Gasteiger partial charge < -0.3 is 15.0 Å². The molecule has 0 unspecified atom stereocenters. The molecule has 5 rings (SSSR count). The normalized spacial score (nSPS) is 16.8. The summed E-state index contributed by atoms with van der Waals surface area (Å²) < 4.78 is 5.82. The van der Waals surface area contributed by atoms with E-state index in [4.69, 9.17) is 4.74 Å². The van der Waals surface area contributed by atoms with Gasteiger partial charge in [-0.05, 0) is 18.2 Å². The van der Waals surface area contributed by atoms with E-state index in [1.165, 1.54) is 0 Å². The number of carbonyl (C=O) groups excluding carboxylic acids is 1. The van der Waals surface area contributed by atoms with E-state index in [2.05, 4.69) is 16.4 Å². The molecule has 144 valence electrons. The fourth-order valence-corrected chi connectivity index (χ4v) is 4.26. The summed E-state index contributed by atoms with van der Waals surface area (Å²) in [5, 5.41) is 3.18. The van der Waals surface area contributed by atoms with Gasteiger partial charge in [0.1, 0.15) is 11.8 Å². The van der Waals surface area contributed by atoms with Crippen LogP contribution in [0.25, 0.3) is 10.9 Å². The van der Waals surface area contributed by atoms with Crippen LogP contribution < -0.4 is 10.1 Å². The van der Waals surface area contributed by atoms with Crippen LogP contribution in [0.4, 0.5) is 0 Å². The lowest BCUT2D eigenvalue weighted by molar-refractivity contribution is -0.722. The fourth-order valence-electron chi connectivity index (χ4n) is 4.26. The van der Waals surface area contributed by atoms with E-state index in [0.29, 0.717) is 6.61 Å². The number of hydrogen-bond donors (Lipinski definition) is 2. The Bertz CT molecular complexity index is 1150. The monoisotopic (exact) mass is 383 g/mol. The highest BCUT2D eigenvalue weighted by molar-refractivity contribution is 6.09. The van der Waals surface area contributed by atoms with Crippen molar-refractivity contribution in [2.24, 2.45) is 0 Å². The van der Waals surface area contributed by atoms with E-state index >= 15 is 0 Å². The Morgan fingerprint density at radius 1 is 0.966 bits per heavy atom. The third kappa shape index (κ3) is 3.32. The Kier molecular flexibility index (Phi) is 4.62. The number of fused-ring (bicyclic) bond motifs is 2. The van der Waals surface area contributed by atoms with Gasteiger partial charge in [0, 0.05) is 34.6 Å². The van der Waals surface area contributed by atoms with E-state index in [0.717, 1.165) is 39.8 Å². The molecule has 0 aliphatic carbocycles. The largest absolute Gasteiger partial charge is 0.493 e. The minimum atomic E-state index is -0.313. The number of aromatic amines is 1. The second-order valence-corrected chi connectivity index (χ2v) is 7.47. The Hall–Kier alpha value is -3.37. The first-order chi connectivity index (χ1) is 14.3. The van der Waals surface area contributed by atoms with Crippen molar-refractivity contribution in [2.45, 2.75) is 18.5 Å². The minimum absolute atomic E-state index is 0.123. The Labute approximate surface area is 169 Å². The number of nitrogens with two attached hydrogens (primary N) is 1. The third-order valence-corrected chi connectivity index (χ3v) is 5.73. The predicted molar refractivity (Wildman–Crippen MR) is 113 cm³/mol. The van der Waals surface area contributed by atoms with E-state index < -0.39 is 0 Å². The van der Waals surface area contributed by atoms with Crippen molar-refractivity contribution in [1.29, 1.82) is 0 Å². The van der Waals surface area contributed by atoms with Gasteiger partial charge in [-0.1, -0.05) is 60.7 Å². The van der Waals surface area contributed by atoms with Crippen molar-refractivity contribution in [1.82, 2.24) is 4.98 Å². The highest BCUT2D eigenvalue weighted by atomic mass is 16.5. The predicted octanol–water partition coefficient (Wildman–Crippen LogP) is 4.18. The quantitative estimate of drug-likeness (QED) is 0.508. The second-order valence-electron chi connectivity index (χ2n) is 7.47. The number of ketones is 1. The van der Waals surface area contributed by atoms with Gasteiger partial charge in [0.2, 0.25) is 5.78 Å². The summed E-state index contributed by atoms with van der Waals surface area (Å²) in [6.45, 7) is 0.668. The summed E-state index contributed by atoms with van der Waals surface area (Å²) in [4.78, 5) is 17.0. The molecule has 29 heavy (non-hydrogen) atoms. The first-order valence-electron chi connectivity index (χ1n) is 10.0. The molecule has 0 saturated carbocycles.